The van der Waals surface area contributed by atoms with Crippen molar-refractivity contribution in [3.05, 3.63) is 88.7 Å². The Morgan fingerprint density at radius 3 is 2.26 bits per heavy atom. The number of nitrogens with one attached hydrogen (secondary N) is 1. The van der Waals surface area contributed by atoms with Gasteiger partial charge in [0.25, 0.3) is 0 Å². The van der Waals surface area contributed by atoms with E-state index in [0.29, 0.717) is 12.8 Å². The van der Waals surface area contributed by atoms with Crippen LogP contribution in [-0.2, 0) is 24.7 Å². The first kappa shape index (κ1) is 18.9. The van der Waals surface area contributed by atoms with Gasteiger partial charge in [-0.25, -0.2) is 0 Å². The summed E-state index contributed by atoms with van der Waals surface area (Å²) in [6.45, 7) is 4.05. The number of hydrogen-bond acceptors (Lipinski definition) is 2. The molecule has 4 nitrogen and oxygen atoms in total. The normalized spacial score (nSPS) is 12.0. The van der Waals surface area contributed by atoms with E-state index >= 15 is 0 Å². The first-order valence-electron chi connectivity index (χ1n) is 9.42. The standard InChI is InChI=1S/C23H27N3O/c1-17-21(18(2)26(3)25-17)14-15-23(27)24-22(20-12-8-5-9-13-20)16-19-10-6-4-7-11-19/h4-13,22H,14-16H2,1-3H3,(H,24,27). The molecular formula is C23H27N3O. The van der Waals surface area contributed by atoms with E-state index in [-0.39, 0.29) is 11.9 Å². The zero-order valence-electron chi connectivity index (χ0n) is 16.3. The maximum absolute atomic E-state index is 12.7. The average Bonchev–Trinajstić information content (AvgIpc) is 2.92. The first-order chi connectivity index (χ1) is 13.0. The highest BCUT2D eigenvalue weighted by Crippen LogP contribution is 2.19. The van der Waals surface area contributed by atoms with Gasteiger partial charge in [0.1, 0.15) is 0 Å². The fourth-order valence-electron chi connectivity index (χ4n) is 3.47. The molecule has 0 aliphatic rings. The third kappa shape index (κ3) is 4.85. The lowest BCUT2D eigenvalue weighted by molar-refractivity contribution is -0.121. The zero-order valence-corrected chi connectivity index (χ0v) is 16.3. The second-order valence-corrected chi connectivity index (χ2v) is 6.99. The number of benzene rings is 2. The van der Waals surface area contributed by atoms with Crippen LogP contribution in [0, 0.1) is 13.8 Å². The highest BCUT2D eigenvalue weighted by molar-refractivity contribution is 5.76. The summed E-state index contributed by atoms with van der Waals surface area (Å²) in [5, 5.41) is 7.67. The van der Waals surface area contributed by atoms with Crippen molar-refractivity contribution in [1.82, 2.24) is 15.1 Å². The second-order valence-electron chi connectivity index (χ2n) is 6.99. The van der Waals surface area contributed by atoms with Crippen molar-refractivity contribution < 1.29 is 4.79 Å². The van der Waals surface area contributed by atoms with Crippen LogP contribution in [-0.4, -0.2) is 15.7 Å². The summed E-state index contributed by atoms with van der Waals surface area (Å²) in [6, 6.07) is 20.4. The van der Waals surface area contributed by atoms with Crippen LogP contribution < -0.4 is 5.32 Å². The molecule has 4 heteroatoms. The van der Waals surface area contributed by atoms with Crippen molar-refractivity contribution in [3.63, 3.8) is 0 Å². The fraction of sp³-hybridized carbons (Fsp3) is 0.304. The van der Waals surface area contributed by atoms with Crippen molar-refractivity contribution >= 4 is 5.91 Å². The lowest BCUT2D eigenvalue weighted by Gasteiger charge is -2.19. The number of carbonyl (C=O) groups is 1. The maximum atomic E-state index is 12.7. The van der Waals surface area contributed by atoms with Crippen LogP contribution in [0.3, 0.4) is 0 Å². The van der Waals surface area contributed by atoms with Gasteiger partial charge in [-0.2, -0.15) is 5.10 Å². The van der Waals surface area contributed by atoms with Crippen LogP contribution in [0.4, 0.5) is 0 Å². The molecule has 3 rings (SSSR count). The average molecular weight is 361 g/mol. The molecule has 3 aromatic rings. The molecule has 0 saturated carbocycles. The SMILES string of the molecule is Cc1nn(C)c(C)c1CCC(=O)NC(Cc1ccccc1)c1ccccc1. The van der Waals surface area contributed by atoms with Crippen molar-refractivity contribution in [2.75, 3.05) is 0 Å². The van der Waals surface area contributed by atoms with Crippen molar-refractivity contribution in [2.45, 2.75) is 39.2 Å². The van der Waals surface area contributed by atoms with E-state index in [1.807, 2.05) is 55.1 Å². The summed E-state index contributed by atoms with van der Waals surface area (Å²) >= 11 is 0. The Morgan fingerprint density at radius 1 is 1.04 bits per heavy atom. The Bertz CT molecular complexity index is 885. The van der Waals surface area contributed by atoms with Gasteiger partial charge in [-0.15, -0.1) is 0 Å². The van der Waals surface area contributed by atoms with Gasteiger partial charge < -0.3 is 5.32 Å². The number of nitrogens with zero attached hydrogens (tertiary/aromatic N) is 2. The van der Waals surface area contributed by atoms with Gasteiger partial charge in [0.05, 0.1) is 11.7 Å². The number of aryl methyl sites for hydroxylation is 2. The molecule has 1 amide bonds. The molecule has 1 unspecified atom stereocenters. The lowest BCUT2D eigenvalue weighted by atomic mass is 9.98. The summed E-state index contributed by atoms with van der Waals surface area (Å²) in [7, 11) is 1.94. The minimum Gasteiger partial charge on any atom is -0.349 e. The number of rotatable bonds is 7. The molecule has 0 aliphatic carbocycles. The number of carbonyl (C=O) groups excluding carboxylic acids is 1. The summed E-state index contributed by atoms with van der Waals surface area (Å²) < 4.78 is 1.88. The van der Waals surface area contributed by atoms with E-state index in [9.17, 15) is 4.79 Å². The number of amides is 1. The molecular weight excluding hydrogens is 334 g/mol. The minimum absolute atomic E-state index is 0.0304. The Hall–Kier alpha value is -2.88. The molecule has 2 aromatic carbocycles. The third-order valence-electron chi connectivity index (χ3n) is 5.08. The highest BCUT2D eigenvalue weighted by Gasteiger charge is 2.17. The molecule has 27 heavy (non-hydrogen) atoms. The number of hydrogen-bond donors (Lipinski definition) is 1. The van der Waals surface area contributed by atoms with Crippen LogP contribution in [0.5, 0.6) is 0 Å². The predicted octanol–water partition coefficient (Wildman–Crippen LogP) is 4.07. The van der Waals surface area contributed by atoms with Gasteiger partial charge in [-0.3, -0.25) is 9.48 Å². The lowest BCUT2D eigenvalue weighted by Crippen LogP contribution is -2.30. The van der Waals surface area contributed by atoms with Gasteiger partial charge in [-0.05, 0) is 43.4 Å². The summed E-state index contributed by atoms with van der Waals surface area (Å²) in [6.07, 6.45) is 1.96. The molecule has 0 spiro atoms. The van der Waals surface area contributed by atoms with E-state index in [1.165, 1.54) is 11.1 Å². The van der Waals surface area contributed by atoms with Gasteiger partial charge in [0, 0.05) is 19.2 Å². The minimum atomic E-state index is -0.0304. The molecule has 1 N–H and O–H groups in total. The molecule has 1 heterocycles. The summed E-state index contributed by atoms with van der Waals surface area (Å²) in [5.74, 6) is 0.0717. The molecule has 1 aromatic heterocycles. The molecule has 0 radical (unpaired) electrons. The van der Waals surface area contributed by atoms with Crippen LogP contribution in [0.15, 0.2) is 60.7 Å². The summed E-state index contributed by atoms with van der Waals surface area (Å²) in [4.78, 5) is 12.7. The zero-order chi connectivity index (χ0) is 19.2. The predicted molar refractivity (Wildman–Crippen MR) is 108 cm³/mol. The van der Waals surface area contributed by atoms with Gasteiger partial charge >= 0.3 is 0 Å². The van der Waals surface area contributed by atoms with Crippen LogP contribution in [0.1, 0.15) is 40.5 Å². The molecule has 0 saturated heterocycles. The van der Waals surface area contributed by atoms with Crippen LogP contribution in [0.2, 0.25) is 0 Å². The molecule has 0 bridgehead atoms. The van der Waals surface area contributed by atoms with Gasteiger partial charge in [-0.1, -0.05) is 60.7 Å². The van der Waals surface area contributed by atoms with E-state index in [1.54, 1.807) is 0 Å². The monoisotopic (exact) mass is 361 g/mol. The van der Waals surface area contributed by atoms with E-state index in [2.05, 4.69) is 41.6 Å². The number of aromatic nitrogens is 2. The van der Waals surface area contributed by atoms with E-state index in [0.717, 1.165) is 23.4 Å². The smallest absolute Gasteiger partial charge is 0.220 e. The van der Waals surface area contributed by atoms with Gasteiger partial charge in [0.15, 0.2) is 0 Å². The van der Waals surface area contributed by atoms with Crippen molar-refractivity contribution in [3.8, 4) is 0 Å². The van der Waals surface area contributed by atoms with E-state index in [4.69, 9.17) is 0 Å². The Morgan fingerprint density at radius 2 is 1.67 bits per heavy atom. The van der Waals surface area contributed by atoms with Crippen LogP contribution >= 0.6 is 0 Å². The summed E-state index contributed by atoms with van der Waals surface area (Å²) in [5.41, 5.74) is 5.65. The largest absolute Gasteiger partial charge is 0.349 e. The highest BCUT2D eigenvalue weighted by atomic mass is 16.1. The van der Waals surface area contributed by atoms with E-state index < -0.39 is 0 Å². The molecule has 0 aliphatic heterocycles. The van der Waals surface area contributed by atoms with Gasteiger partial charge in [0.2, 0.25) is 5.91 Å². The van der Waals surface area contributed by atoms with Crippen molar-refractivity contribution in [1.29, 1.82) is 0 Å². The Balaban J connectivity index is 1.69. The van der Waals surface area contributed by atoms with Crippen LogP contribution in [0.25, 0.3) is 0 Å². The third-order valence-corrected chi connectivity index (χ3v) is 5.08. The maximum Gasteiger partial charge on any atom is 0.220 e. The molecule has 1 atom stereocenters. The van der Waals surface area contributed by atoms with Crippen molar-refractivity contribution in [2.24, 2.45) is 7.05 Å². The quantitative estimate of drug-likeness (QED) is 0.689. The molecule has 140 valence electrons. The fourth-order valence-corrected chi connectivity index (χ4v) is 3.47. The topological polar surface area (TPSA) is 46.9 Å². The Labute approximate surface area is 161 Å². The molecule has 0 fully saturated rings. The Kier molecular flexibility index (Phi) is 6.07. The first-order valence-corrected chi connectivity index (χ1v) is 9.42. The second kappa shape index (κ2) is 8.67.